The number of hydrogen-bond acceptors (Lipinski definition) is 9. The first-order valence-electron chi connectivity index (χ1n) is 10.8. The van der Waals surface area contributed by atoms with Crippen molar-refractivity contribution in [3.05, 3.63) is 36.7 Å². The highest BCUT2D eigenvalue weighted by Gasteiger charge is 2.34. The van der Waals surface area contributed by atoms with Gasteiger partial charge in [-0.3, -0.25) is 4.98 Å². The summed E-state index contributed by atoms with van der Waals surface area (Å²) < 4.78 is 1.70. The number of phenols is 1. The number of rotatable bonds is 4. The summed E-state index contributed by atoms with van der Waals surface area (Å²) in [7, 11) is 1.83. The molecule has 34 heavy (non-hydrogen) atoms. The average Bonchev–Trinajstić information content (AvgIpc) is 3.62. The topological polar surface area (TPSA) is 118 Å². The minimum atomic E-state index is 0. The SMILES string of the molecule is Cl.Cl.Cn1nnc2cnc(-c3ccc(-c4cnc(N5CCN[C@@H](C6CC6)C5)nn4)c(O)c3)cc21. The molecule has 1 aliphatic heterocycles. The molecular formula is C22H25Cl2N9O. The summed E-state index contributed by atoms with van der Waals surface area (Å²) in [5, 5.41) is 31.0. The van der Waals surface area contributed by atoms with Crippen LogP contribution in [0.25, 0.3) is 33.5 Å². The molecule has 1 aromatic carbocycles. The molecule has 1 saturated carbocycles. The zero-order chi connectivity index (χ0) is 21.7. The Balaban J connectivity index is 0.00000137. The van der Waals surface area contributed by atoms with E-state index in [9.17, 15) is 5.11 Å². The van der Waals surface area contributed by atoms with Gasteiger partial charge in [-0.25, -0.2) is 9.67 Å². The maximum Gasteiger partial charge on any atom is 0.245 e. The van der Waals surface area contributed by atoms with Crippen molar-refractivity contribution in [3.8, 4) is 28.3 Å². The summed E-state index contributed by atoms with van der Waals surface area (Å²) in [6.07, 6.45) is 5.97. The number of hydrogen-bond donors (Lipinski definition) is 2. The van der Waals surface area contributed by atoms with Crippen LogP contribution in [0.1, 0.15) is 12.8 Å². The molecule has 12 heteroatoms. The summed E-state index contributed by atoms with van der Waals surface area (Å²) in [6, 6.07) is 7.82. The molecular weight excluding hydrogens is 477 g/mol. The monoisotopic (exact) mass is 501 g/mol. The Morgan fingerprint density at radius 2 is 1.85 bits per heavy atom. The number of piperazine rings is 1. The average molecular weight is 502 g/mol. The molecule has 4 heterocycles. The number of anilines is 1. The van der Waals surface area contributed by atoms with E-state index in [1.165, 1.54) is 12.8 Å². The Morgan fingerprint density at radius 3 is 2.59 bits per heavy atom. The molecule has 10 nitrogen and oxygen atoms in total. The highest BCUT2D eigenvalue weighted by molar-refractivity contribution is 5.85. The largest absolute Gasteiger partial charge is 0.507 e. The van der Waals surface area contributed by atoms with E-state index < -0.39 is 0 Å². The first kappa shape index (κ1) is 24.1. The first-order valence-corrected chi connectivity index (χ1v) is 10.8. The molecule has 3 aromatic heterocycles. The van der Waals surface area contributed by atoms with Crippen molar-refractivity contribution in [1.29, 1.82) is 0 Å². The predicted octanol–water partition coefficient (Wildman–Crippen LogP) is 2.62. The van der Waals surface area contributed by atoms with Crippen LogP contribution in [0.15, 0.2) is 36.7 Å². The van der Waals surface area contributed by atoms with Crippen LogP contribution < -0.4 is 10.2 Å². The van der Waals surface area contributed by atoms with Crippen LogP contribution in [0.4, 0.5) is 5.95 Å². The molecule has 1 aliphatic carbocycles. The molecule has 0 bridgehead atoms. The van der Waals surface area contributed by atoms with Gasteiger partial charge in [0, 0.05) is 43.9 Å². The summed E-state index contributed by atoms with van der Waals surface area (Å²) in [4.78, 5) is 11.2. The van der Waals surface area contributed by atoms with Crippen molar-refractivity contribution in [2.75, 3.05) is 24.5 Å². The summed E-state index contributed by atoms with van der Waals surface area (Å²) in [5.74, 6) is 1.52. The highest BCUT2D eigenvalue weighted by Crippen LogP contribution is 2.35. The minimum absolute atomic E-state index is 0. The van der Waals surface area contributed by atoms with Crippen LogP contribution in [0.5, 0.6) is 5.75 Å². The third kappa shape index (κ3) is 4.48. The third-order valence-electron chi connectivity index (χ3n) is 6.30. The molecule has 178 valence electrons. The van der Waals surface area contributed by atoms with Gasteiger partial charge >= 0.3 is 0 Å². The maximum absolute atomic E-state index is 10.7. The molecule has 6 rings (SSSR count). The fraction of sp³-hybridized carbons (Fsp3) is 0.364. The van der Waals surface area contributed by atoms with Crippen molar-refractivity contribution >= 4 is 41.8 Å². The van der Waals surface area contributed by atoms with Crippen LogP contribution in [0.3, 0.4) is 0 Å². The lowest BCUT2D eigenvalue weighted by Gasteiger charge is -2.33. The smallest absolute Gasteiger partial charge is 0.245 e. The molecule has 2 N–H and O–H groups in total. The van der Waals surface area contributed by atoms with Gasteiger partial charge in [0.25, 0.3) is 0 Å². The number of aryl methyl sites for hydroxylation is 1. The second kappa shape index (κ2) is 9.65. The minimum Gasteiger partial charge on any atom is -0.507 e. The van der Waals surface area contributed by atoms with E-state index in [0.717, 1.165) is 47.8 Å². The molecule has 0 radical (unpaired) electrons. The van der Waals surface area contributed by atoms with Crippen LogP contribution >= 0.6 is 24.8 Å². The number of aromatic hydroxyl groups is 1. The molecule has 0 spiro atoms. The van der Waals surface area contributed by atoms with E-state index in [1.807, 2.05) is 25.2 Å². The number of nitrogens with one attached hydrogen (secondary N) is 1. The van der Waals surface area contributed by atoms with E-state index >= 15 is 0 Å². The second-order valence-electron chi connectivity index (χ2n) is 8.49. The van der Waals surface area contributed by atoms with Gasteiger partial charge in [0.2, 0.25) is 5.95 Å². The van der Waals surface area contributed by atoms with Crippen molar-refractivity contribution < 1.29 is 5.11 Å². The molecule has 4 aromatic rings. The van der Waals surface area contributed by atoms with Gasteiger partial charge < -0.3 is 15.3 Å². The van der Waals surface area contributed by atoms with Crippen LogP contribution in [-0.2, 0) is 7.05 Å². The quantitative estimate of drug-likeness (QED) is 0.434. The molecule has 0 amide bonds. The van der Waals surface area contributed by atoms with E-state index in [0.29, 0.717) is 23.2 Å². The van der Waals surface area contributed by atoms with Crippen molar-refractivity contribution in [3.63, 3.8) is 0 Å². The van der Waals surface area contributed by atoms with Gasteiger partial charge in [0.1, 0.15) is 17.0 Å². The van der Waals surface area contributed by atoms with E-state index in [-0.39, 0.29) is 30.6 Å². The Hall–Kier alpha value is -3.08. The van der Waals surface area contributed by atoms with E-state index in [4.69, 9.17) is 0 Å². The summed E-state index contributed by atoms with van der Waals surface area (Å²) in [5.41, 5.74) is 4.24. The zero-order valence-corrected chi connectivity index (χ0v) is 20.1. The van der Waals surface area contributed by atoms with E-state index in [2.05, 4.69) is 40.7 Å². The van der Waals surface area contributed by atoms with Crippen LogP contribution in [0.2, 0.25) is 0 Å². The maximum atomic E-state index is 10.7. The summed E-state index contributed by atoms with van der Waals surface area (Å²) in [6.45, 7) is 2.71. The van der Waals surface area contributed by atoms with Gasteiger partial charge in [-0.2, -0.15) is 0 Å². The van der Waals surface area contributed by atoms with Gasteiger partial charge in [0.15, 0.2) is 0 Å². The second-order valence-corrected chi connectivity index (χ2v) is 8.49. The number of aromatic nitrogens is 7. The van der Waals surface area contributed by atoms with Gasteiger partial charge in [-0.15, -0.1) is 40.1 Å². The third-order valence-corrected chi connectivity index (χ3v) is 6.30. The Kier molecular flexibility index (Phi) is 6.83. The molecule has 0 unspecified atom stereocenters. The zero-order valence-electron chi connectivity index (χ0n) is 18.5. The standard InChI is InChI=1S/C22H23N9O.2ClH/c1-30-20-9-16(24-11-18(20)27-29-30)14-4-5-15(21(32)8-14)17-10-25-22(28-26-17)31-7-6-23-19(12-31)13-2-3-13;;/h4-5,8-11,13,19,23,32H,2-3,6-7,12H2,1H3;2*1H/t19-;;/m1../s1. The molecule has 2 aliphatic rings. The van der Waals surface area contributed by atoms with Gasteiger partial charge in [0.05, 0.1) is 23.6 Å². The van der Waals surface area contributed by atoms with Crippen molar-refractivity contribution in [2.45, 2.75) is 18.9 Å². The highest BCUT2D eigenvalue weighted by atomic mass is 35.5. The number of fused-ring (bicyclic) bond motifs is 1. The van der Waals surface area contributed by atoms with Crippen LogP contribution in [-0.4, -0.2) is 65.9 Å². The predicted molar refractivity (Wildman–Crippen MR) is 133 cm³/mol. The number of nitrogens with zero attached hydrogens (tertiary/aromatic N) is 8. The lowest BCUT2D eigenvalue weighted by Crippen LogP contribution is -2.52. The van der Waals surface area contributed by atoms with E-state index in [1.54, 1.807) is 23.1 Å². The van der Waals surface area contributed by atoms with Crippen molar-refractivity contribution in [1.82, 2.24) is 40.5 Å². The Bertz CT molecular complexity index is 1290. The molecule has 2 fully saturated rings. The summed E-state index contributed by atoms with van der Waals surface area (Å²) >= 11 is 0. The lowest BCUT2D eigenvalue weighted by atomic mass is 10.1. The fourth-order valence-corrected chi connectivity index (χ4v) is 4.31. The number of pyridine rings is 1. The number of halogens is 2. The normalized spacial score (nSPS) is 17.8. The van der Waals surface area contributed by atoms with Crippen molar-refractivity contribution in [2.24, 2.45) is 13.0 Å². The Morgan fingerprint density at radius 1 is 1.00 bits per heavy atom. The lowest BCUT2D eigenvalue weighted by molar-refractivity contribution is 0.414. The fourth-order valence-electron chi connectivity index (χ4n) is 4.31. The number of benzene rings is 1. The number of phenolic OH excluding ortho intramolecular Hbond substituents is 1. The molecule has 1 atom stereocenters. The van der Waals surface area contributed by atoms with Crippen LogP contribution in [0, 0.1) is 5.92 Å². The molecule has 1 saturated heterocycles. The van der Waals surface area contributed by atoms with Gasteiger partial charge in [-0.05, 0) is 37.0 Å². The Labute approximate surface area is 208 Å². The first-order chi connectivity index (χ1) is 15.7. The van der Waals surface area contributed by atoms with Gasteiger partial charge in [-0.1, -0.05) is 11.3 Å².